The molecule has 1 rings (SSSR count). The fraction of sp³-hybridized carbons (Fsp3) is 0.933. The Balaban J connectivity index is 0.00000324. The Morgan fingerprint density at radius 1 is 1.00 bits per heavy atom. The zero-order valence-corrected chi connectivity index (χ0v) is 14.8. The molecule has 4 heteroatoms. The average Bonchev–Trinajstić information content (AvgIpc) is 2.72. The third-order valence-electron chi connectivity index (χ3n) is 3.87. The van der Waals surface area contributed by atoms with Crippen molar-refractivity contribution in [2.75, 3.05) is 26.2 Å². The topological polar surface area (TPSA) is 7.45 Å². The molecule has 0 bridgehead atoms. The Labute approximate surface area is 135 Å². The van der Waals surface area contributed by atoms with E-state index >= 15 is 0 Å². The SMILES string of the molecule is CCCCCC[N+]1=C(F)[NH+](CCCCCC)CC1.[I-]. The number of nitrogens with zero attached hydrogens (tertiary/aromatic N) is 1. The van der Waals surface area contributed by atoms with Crippen LogP contribution in [0.1, 0.15) is 65.2 Å². The van der Waals surface area contributed by atoms with Crippen LogP contribution in [0.2, 0.25) is 0 Å². The van der Waals surface area contributed by atoms with Crippen molar-refractivity contribution in [2.24, 2.45) is 0 Å². The molecule has 1 unspecified atom stereocenters. The van der Waals surface area contributed by atoms with Gasteiger partial charge < -0.3 is 24.0 Å². The second kappa shape index (κ2) is 12.1. The van der Waals surface area contributed by atoms with E-state index in [1.54, 1.807) is 0 Å². The lowest BCUT2D eigenvalue weighted by Crippen LogP contribution is -3.13. The molecule has 0 spiro atoms. The van der Waals surface area contributed by atoms with Gasteiger partial charge in [-0.3, -0.25) is 0 Å². The van der Waals surface area contributed by atoms with Crippen molar-refractivity contribution >= 4 is 6.09 Å². The Morgan fingerprint density at radius 2 is 1.63 bits per heavy atom. The molecule has 114 valence electrons. The summed E-state index contributed by atoms with van der Waals surface area (Å²) in [6.45, 7) is 8.21. The predicted octanol–water partition coefficient (Wildman–Crippen LogP) is -0.612. The summed E-state index contributed by atoms with van der Waals surface area (Å²) in [5, 5.41) is 0. The van der Waals surface area contributed by atoms with Crippen LogP contribution in [0.25, 0.3) is 0 Å². The zero-order valence-electron chi connectivity index (χ0n) is 12.7. The predicted molar refractivity (Wildman–Crippen MR) is 75.1 cm³/mol. The molecule has 2 nitrogen and oxygen atoms in total. The van der Waals surface area contributed by atoms with Gasteiger partial charge in [-0.1, -0.05) is 43.9 Å². The van der Waals surface area contributed by atoms with Gasteiger partial charge in [-0.2, -0.15) is 0 Å². The second-order valence-corrected chi connectivity index (χ2v) is 5.50. The molecular formula is C15H31FIN2+. The van der Waals surface area contributed by atoms with Gasteiger partial charge in [0.2, 0.25) is 0 Å². The summed E-state index contributed by atoms with van der Waals surface area (Å²) in [7, 11) is 0. The first-order valence-electron chi connectivity index (χ1n) is 7.92. The molecule has 1 aliphatic heterocycles. The highest BCUT2D eigenvalue weighted by molar-refractivity contribution is 5.57. The first-order valence-corrected chi connectivity index (χ1v) is 7.92. The first kappa shape index (κ1) is 19.3. The lowest BCUT2D eigenvalue weighted by Gasteiger charge is -2.04. The van der Waals surface area contributed by atoms with Gasteiger partial charge in [0, 0.05) is 6.42 Å². The highest BCUT2D eigenvalue weighted by atomic mass is 127. The summed E-state index contributed by atoms with van der Waals surface area (Å²) in [5.41, 5.74) is 0. The van der Waals surface area contributed by atoms with Crippen molar-refractivity contribution in [2.45, 2.75) is 65.2 Å². The smallest absolute Gasteiger partial charge is 0.535 e. The molecule has 0 fully saturated rings. The number of quaternary nitrogens is 1. The molecule has 0 aromatic rings. The summed E-state index contributed by atoms with van der Waals surface area (Å²) >= 11 is 0. The van der Waals surface area contributed by atoms with Crippen molar-refractivity contribution in [3.05, 3.63) is 0 Å². The molecule has 0 aromatic heterocycles. The number of hydrogen-bond donors (Lipinski definition) is 1. The maximum Gasteiger partial charge on any atom is 0.535 e. The monoisotopic (exact) mass is 385 g/mol. The zero-order chi connectivity index (χ0) is 13.2. The number of halogens is 2. The molecule has 0 aliphatic carbocycles. The summed E-state index contributed by atoms with van der Waals surface area (Å²) in [6, 6.07) is 0. The average molecular weight is 385 g/mol. The van der Waals surface area contributed by atoms with Crippen LogP contribution < -0.4 is 28.9 Å². The van der Waals surface area contributed by atoms with Gasteiger partial charge in [-0.05, 0) is 19.3 Å². The Kier molecular flexibility index (Phi) is 12.2. The highest BCUT2D eigenvalue weighted by Crippen LogP contribution is 2.00. The Hall–Kier alpha value is 0.290. The maximum atomic E-state index is 14.1. The number of unbranched alkanes of at least 4 members (excludes halogenated alkanes) is 6. The van der Waals surface area contributed by atoms with Crippen molar-refractivity contribution in [1.82, 2.24) is 0 Å². The van der Waals surface area contributed by atoms with E-state index in [0.717, 1.165) is 37.5 Å². The van der Waals surface area contributed by atoms with E-state index in [1.807, 2.05) is 4.58 Å². The minimum Gasteiger partial charge on any atom is -1.00 e. The van der Waals surface area contributed by atoms with Crippen molar-refractivity contribution in [1.29, 1.82) is 0 Å². The molecule has 1 N–H and O–H groups in total. The van der Waals surface area contributed by atoms with Crippen LogP contribution in [0.15, 0.2) is 0 Å². The van der Waals surface area contributed by atoms with Crippen LogP contribution in [0.3, 0.4) is 0 Å². The van der Waals surface area contributed by atoms with Crippen LogP contribution in [-0.2, 0) is 0 Å². The molecule has 0 aromatic carbocycles. The van der Waals surface area contributed by atoms with E-state index in [2.05, 4.69) is 13.8 Å². The molecule has 0 amide bonds. The van der Waals surface area contributed by atoms with Crippen LogP contribution in [-0.4, -0.2) is 36.8 Å². The molecule has 1 aliphatic rings. The number of nitrogens with one attached hydrogen (secondary N) is 1. The molecule has 0 saturated carbocycles. The van der Waals surface area contributed by atoms with E-state index in [1.165, 1.54) is 44.9 Å². The highest BCUT2D eigenvalue weighted by Gasteiger charge is 2.35. The Morgan fingerprint density at radius 3 is 2.26 bits per heavy atom. The van der Waals surface area contributed by atoms with Crippen LogP contribution >= 0.6 is 0 Å². The minimum atomic E-state index is 0. The largest absolute Gasteiger partial charge is 1.00 e. The lowest BCUT2D eigenvalue weighted by molar-refractivity contribution is -0.809. The van der Waals surface area contributed by atoms with E-state index in [-0.39, 0.29) is 30.1 Å². The van der Waals surface area contributed by atoms with Crippen molar-refractivity contribution in [3.63, 3.8) is 0 Å². The Bertz CT molecular complexity index is 257. The van der Waals surface area contributed by atoms with Crippen molar-refractivity contribution in [3.8, 4) is 0 Å². The van der Waals surface area contributed by atoms with Gasteiger partial charge in [0.1, 0.15) is 6.54 Å². The quantitative estimate of drug-likeness (QED) is 0.222. The van der Waals surface area contributed by atoms with Gasteiger partial charge in [0.15, 0.2) is 13.1 Å². The number of rotatable bonds is 10. The third kappa shape index (κ3) is 7.59. The molecule has 19 heavy (non-hydrogen) atoms. The fourth-order valence-electron chi connectivity index (χ4n) is 2.63. The van der Waals surface area contributed by atoms with Crippen LogP contribution in [0.4, 0.5) is 4.39 Å². The molecular weight excluding hydrogens is 354 g/mol. The second-order valence-electron chi connectivity index (χ2n) is 5.50. The van der Waals surface area contributed by atoms with Crippen LogP contribution in [0, 0.1) is 0 Å². The van der Waals surface area contributed by atoms with E-state index in [9.17, 15) is 4.39 Å². The summed E-state index contributed by atoms with van der Waals surface area (Å²) in [4.78, 5) is 1.08. The van der Waals surface area contributed by atoms with E-state index in [0.29, 0.717) is 0 Å². The van der Waals surface area contributed by atoms with Gasteiger partial charge in [0.05, 0.1) is 6.54 Å². The molecule has 1 heterocycles. The summed E-state index contributed by atoms with van der Waals surface area (Å²) in [5.74, 6) is 0. The maximum absolute atomic E-state index is 14.1. The van der Waals surface area contributed by atoms with E-state index < -0.39 is 0 Å². The molecule has 1 atom stereocenters. The normalized spacial score (nSPS) is 18.8. The standard InChI is InChI=1S/C15H30FN2.HI/c1-3-5-7-9-11-17-13-14-18(15(17)16)12-10-8-6-4-2;/h3-14H2,1-2H3;1H/q+1;. The van der Waals surface area contributed by atoms with Gasteiger partial charge in [0.25, 0.3) is 0 Å². The number of amidine groups is 1. The third-order valence-corrected chi connectivity index (χ3v) is 3.87. The lowest BCUT2D eigenvalue weighted by atomic mass is 10.2. The van der Waals surface area contributed by atoms with Gasteiger partial charge in [-0.15, -0.1) is 4.58 Å². The first-order chi connectivity index (χ1) is 8.79. The number of hydrogen-bond acceptors (Lipinski definition) is 0. The summed E-state index contributed by atoms with van der Waals surface area (Å²) < 4.78 is 16.0. The fourth-order valence-corrected chi connectivity index (χ4v) is 2.63. The minimum absolute atomic E-state index is 0. The van der Waals surface area contributed by atoms with Gasteiger partial charge in [-0.25, -0.2) is 4.90 Å². The molecule has 0 saturated heterocycles. The van der Waals surface area contributed by atoms with Gasteiger partial charge >= 0.3 is 6.09 Å². The molecule has 0 radical (unpaired) electrons. The van der Waals surface area contributed by atoms with Crippen molar-refractivity contribution < 1.29 is 37.8 Å². The van der Waals surface area contributed by atoms with Crippen LogP contribution in [0.5, 0.6) is 0 Å². The summed E-state index contributed by atoms with van der Waals surface area (Å²) in [6.07, 6.45) is 9.99. The van der Waals surface area contributed by atoms with E-state index in [4.69, 9.17) is 0 Å².